The molecule has 1 aliphatic heterocycles. The molecule has 0 spiro atoms. The van der Waals surface area contributed by atoms with E-state index >= 15 is 0 Å². The maximum Gasteiger partial charge on any atom is 0.243 e. The number of anilines is 1. The van der Waals surface area contributed by atoms with E-state index in [4.69, 9.17) is 24.5 Å². The predicted molar refractivity (Wildman–Crippen MR) is 240 cm³/mol. The minimum absolute atomic E-state index is 0.0691. The van der Waals surface area contributed by atoms with Gasteiger partial charge in [0, 0.05) is 55.1 Å². The molecule has 0 bridgehead atoms. The van der Waals surface area contributed by atoms with E-state index in [-0.39, 0.29) is 42.3 Å². The molecule has 4 aromatic heterocycles. The first-order valence-corrected chi connectivity index (χ1v) is 22.3. The molecule has 64 heavy (non-hydrogen) atoms. The summed E-state index contributed by atoms with van der Waals surface area (Å²) < 4.78 is 24.6. The van der Waals surface area contributed by atoms with Crippen molar-refractivity contribution in [2.24, 2.45) is 5.92 Å². The van der Waals surface area contributed by atoms with Crippen molar-refractivity contribution in [3.63, 3.8) is 0 Å². The molecule has 338 valence electrons. The van der Waals surface area contributed by atoms with Crippen LogP contribution in [0.4, 0.5) is 5.82 Å². The highest BCUT2D eigenvalue weighted by Gasteiger charge is 2.43. The molecule has 2 amide bonds. The van der Waals surface area contributed by atoms with E-state index < -0.39 is 18.1 Å². The molecule has 3 atom stereocenters. The van der Waals surface area contributed by atoms with Crippen LogP contribution in [0.2, 0.25) is 0 Å². The average molecular weight is 894 g/mol. The van der Waals surface area contributed by atoms with E-state index in [1.165, 1.54) is 4.90 Å². The molecule has 0 aliphatic carbocycles. The second-order valence-electron chi connectivity index (χ2n) is 16.0. The lowest BCUT2D eigenvalue weighted by atomic mass is 9.91. The third-order valence-electron chi connectivity index (χ3n) is 11.0. The Morgan fingerprint density at radius 3 is 2.45 bits per heavy atom. The van der Waals surface area contributed by atoms with Gasteiger partial charge in [0.25, 0.3) is 0 Å². The number of benzene rings is 2. The van der Waals surface area contributed by atoms with Gasteiger partial charge in [-0.2, -0.15) is 5.10 Å². The van der Waals surface area contributed by atoms with Crippen molar-refractivity contribution in [3.05, 3.63) is 101 Å². The number of carbonyl (C=O) groups is 2. The average Bonchev–Trinajstić information content (AvgIpc) is 4.12. The minimum atomic E-state index is -0.806. The number of carbonyl (C=O) groups excluding carboxylic acids is 2. The van der Waals surface area contributed by atoms with Gasteiger partial charge in [-0.25, -0.2) is 4.98 Å². The number of aromatic nitrogens is 6. The van der Waals surface area contributed by atoms with Crippen LogP contribution in [-0.2, 0) is 43.3 Å². The molecule has 5 heterocycles. The number of nitrogens with two attached hydrogens (primary N) is 1. The Labute approximate surface area is 375 Å². The second kappa shape index (κ2) is 22.0. The minimum Gasteiger partial charge on any atom is -0.507 e. The molecular weight excluding hydrogens is 839 g/mol. The lowest BCUT2D eigenvalue weighted by molar-refractivity contribution is -0.141. The first kappa shape index (κ1) is 46.0. The van der Waals surface area contributed by atoms with E-state index in [0.29, 0.717) is 93.8 Å². The van der Waals surface area contributed by atoms with Crippen LogP contribution in [0.1, 0.15) is 55.3 Å². The van der Waals surface area contributed by atoms with Crippen LogP contribution in [0.5, 0.6) is 5.75 Å². The molecule has 0 radical (unpaired) electrons. The SMILES string of the molecule is Cc1ncsc1-c1ccc(CNC(=O)[C@@H]2C[C@@H](O)CN2C(=O)C(c2cc(CCCOCCOCCOCCn3cc(-c4cc(-c5ccccc5O)nnc4N)cn3)no2)C(C)C)cc1. The van der Waals surface area contributed by atoms with Gasteiger partial charge in [-0.1, -0.05) is 55.4 Å². The van der Waals surface area contributed by atoms with Crippen LogP contribution >= 0.6 is 11.3 Å². The standard InChI is InChI=1S/C46H55N9O8S/c1-29(2)42(46(59)55-27-35(56)22-39(55)45(58)48-24-31-10-12-32(13-11-31)43-30(3)49-28-64-43)41-21-34(53-63-41)7-6-15-60-17-19-62-20-18-61-16-14-54-26-33(25-50-54)37-23-38(51-52-44(37)47)36-8-4-5-9-40(36)57/h4-5,8-13,21,23,25-26,28-29,35,39,42,56-57H,6-7,14-20,22,24,27H2,1-3H3,(H2,47,52)(H,48,58)/t35-,39+,42?/m1/s1. The molecule has 6 aromatic rings. The largest absolute Gasteiger partial charge is 0.507 e. The molecule has 17 nitrogen and oxygen atoms in total. The van der Waals surface area contributed by atoms with Crippen molar-refractivity contribution in [1.29, 1.82) is 0 Å². The second-order valence-corrected chi connectivity index (χ2v) is 16.9. The van der Waals surface area contributed by atoms with Crippen molar-refractivity contribution in [1.82, 2.24) is 40.3 Å². The summed E-state index contributed by atoms with van der Waals surface area (Å²) in [6.45, 7) is 9.36. The number of amides is 2. The first-order chi connectivity index (χ1) is 31.0. The summed E-state index contributed by atoms with van der Waals surface area (Å²) in [5, 5.41) is 40.6. The van der Waals surface area contributed by atoms with Crippen molar-refractivity contribution in [2.75, 3.05) is 51.9 Å². The maximum absolute atomic E-state index is 14.0. The summed E-state index contributed by atoms with van der Waals surface area (Å²) in [6, 6.07) is 17.7. The number of aliphatic hydroxyl groups excluding tert-OH is 1. The highest BCUT2D eigenvalue weighted by Crippen LogP contribution is 2.33. The first-order valence-electron chi connectivity index (χ1n) is 21.4. The van der Waals surface area contributed by atoms with Crippen molar-refractivity contribution >= 4 is 29.0 Å². The van der Waals surface area contributed by atoms with E-state index in [1.54, 1.807) is 52.5 Å². The number of rotatable bonds is 22. The zero-order chi connectivity index (χ0) is 45.0. The molecule has 0 saturated carbocycles. The highest BCUT2D eigenvalue weighted by atomic mass is 32.1. The number of β-amino-alcohol motifs (C(OH)–C–C–N with tert-alkyl or cyclic N) is 1. The van der Waals surface area contributed by atoms with Crippen molar-refractivity contribution < 1.29 is 38.5 Å². The van der Waals surface area contributed by atoms with Crippen LogP contribution in [-0.4, -0.2) is 115 Å². The Morgan fingerprint density at radius 1 is 0.969 bits per heavy atom. The van der Waals surface area contributed by atoms with Gasteiger partial charge in [-0.3, -0.25) is 14.3 Å². The number of hydrogen-bond donors (Lipinski definition) is 4. The summed E-state index contributed by atoms with van der Waals surface area (Å²) >= 11 is 1.59. The quantitative estimate of drug-likeness (QED) is 0.0625. The Balaban J connectivity index is 0.770. The summed E-state index contributed by atoms with van der Waals surface area (Å²) in [5.74, 6) is -0.574. The number of nitrogens with zero attached hydrogens (tertiary/aromatic N) is 7. The zero-order valence-electron chi connectivity index (χ0n) is 36.3. The number of nitrogen functional groups attached to an aromatic ring is 1. The maximum atomic E-state index is 14.0. The van der Waals surface area contributed by atoms with Gasteiger partial charge >= 0.3 is 0 Å². The smallest absolute Gasteiger partial charge is 0.243 e. The van der Waals surface area contributed by atoms with Crippen LogP contribution in [0.3, 0.4) is 0 Å². The van der Waals surface area contributed by atoms with Gasteiger partial charge < -0.3 is 44.9 Å². The number of para-hydroxylation sites is 1. The van der Waals surface area contributed by atoms with Crippen LogP contribution in [0.15, 0.2) is 83.1 Å². The lowest BCUT2D eigenvalue weighted by Gasteiger charge is -2.28. The number of likely N-dealkylation sites (tertiary alicyclic amines) is 1. The molecule has 5 N–H and O–H groups in total. The zero-order valence-corrected chi connectivity index (χ0v) is 37.1. The number of aromatic hydroxyl groups is 1. The number of thiazole rings is 1. The molecule has 1 fully saturated rings. The Kier molecular flexibility index (Phi) is 15.8. The molecule has 7 rings (SSSR count). The molecule has 2 aromatic carbocycles. The lowest BCUT2D eigenvalue weighted by Crippen LogP contribution is -2.48. The van der Waals surface area contributed by atoms with Gasteiger partial charge in [0.15, 0.2) is 5.82 Å². The number of hydrogen-bond acceptors (Lipinski definition) is 15. The Hall–Kier alpha value is -6.05. The topological polar surface area (TPSA) is 226 Å². The number of ether oxygens (including phenoxy) is 3. The van der Waals surface area contributed by atoms with E-state index in [1.807, 2.05) is 62.8 Å². The van der Waals surface area contributed by atoms with Crippen molar-refractivity contribution in [2.45, 2.75) is 71.2 Å². The van der Waals surface area contributed by atoms with Gasteiger partial charge in [0.1, 0.15) is 23.5 Å². The van der Waals surface area contributed by atoms with Crippen LogP contribution in [0.25, 0.3) is 32.8 Å². The van der Waals surface area contributed by atoms with Gasteiger partial charge in [0.05, 0.1) is 79.3 Å². The van der Waals surface area contributed by atoms with Gasteiger partial charge in [-0.05, 0) is 55.0 Å². The molecule has 1 aliphatic rings. The van der Waals surface area contributed by atoms with E-state index in [2.05, 4.69) is 30.8 Å². The Bertz CT molecular complexity index is 2450. The van der Waals surface area contributed by atoms with Crippen LogP contribution in [0, 0.1) is 12.8 Å². The fourth-order valence-corrected chi connectivity index (χ4v) is 8.42. The summed E-state index contributed by atoms with van der Waals surface area (Å²) in [4.78, 5) is 34.4. The van der Waals surface area contributed by atoms with Gasteiger partial charge in [-0.15, -0.1) is 21.5 Å². The molecule has 1 saturated heterocycles. The molecule has 18 heteroatoms. The predicted octanol–water partition coefficient (Wildman–Crippen LogP) is 5.42. The van der Waals surface area contributed by atoms with Crippen molar-refractivity contribution in [3.8, 4) is 38.6 Å². The van der Waals surface area contributed by atoms with Gasteiger partial charge in [0.2, 0.25) is 11.8 Å². The third kappa shape index (κ3) is 11.7. The number of phenols is 1. The number of aryl methyl sites for hydroxylation is 2. The number of nitrogens with one attached hydrogen (secondary N) is 1. The molecule has 1 unspecified atom stereocenters. The van der Waals surface area contributed by atoms with Crippen LogP contribution < -0.4 is 11.1 Å². The number of aliphatic hydroxyl groups is 1. The normalized spacial score (nSPS) is 15.5. The monoisotopic (exact) mass is 893 g/mol. The summed E-state index contributed by atoms with van der Waals surface area (Å²) in [7, 11) is 0. The molecular formula is C46H55N9O8S. The summed E-state index contributed by atoms with van der Waals surface area (Å²) in [6.07, 6.45) is 4.21. The third-order valence-corrected chi connectivity index (χ3v) is 12.0. The van der Waals surface area contributed by atoms with E-state index in [0.717, 1.165) is 27.3 Å². The van der Waals surface area contributed by atoms with E-state index in [9.17, 15) is 19.8 Å². The fraction of sp³-hybridized carbons (Fsp3) is 0.413. The summed E-state index contributed by atoms with van der Waals surface area (Å²) in [5.41, 5.74) is 14.1. The highest BCUT2D eigenvalue weighted by molar-refractivity contribution is 7.13. The Morgan fingerprint density at radius 2 is 1.72 bits per heavy atom. The fourth-order valence-electron chi connectivity index (χ4n) is 7.61. The number of phenolic OH excluding ortho intramolecular Hbond substituents is 1.